The van der Waals surface area contributed by atoms with Crippen molar-refractivity contribution >= 4 is 18.0 Å². The van der Waals surface area contributed by atoms with Crippen LogP contribution in [0.5, 0.6) is 0 Å². The van der Waals surface area contributed by atoms with Crippen LogP contribution in [0, 0.1) is 11.7 Å². The lowest BCUT2D eigenvalue weighted by Gasteiger charge is -2.24. The summed E-state index contributed by atoms with van der Waals surface area (Å²) in [5.41, 5.74) is 1.46. The number of hydrogen-bond donors (Lipinski definition) is 2. The van der Waals surface area contributed by atoms with E-state index in [4.69, 9.17) is 9.47 Å². The van der Waals surface area contributed by atoms with Crippen LogP contribution in [0.3, 0.4) is 0 Å². The van der Waals surface area contributed by atoms with Crippen molar-refractivity contribution in [1.82, 2.24) is 10.6 Å². The van der Waals surface area contributed by atoms with Gasteiger partial charge >= 0.3 is 12.1 Å². The molecule has 0 heterocycles. The van der Waals surface area contributed by atoms with E-state index in [9.17, 15) is 18.8 Å². The summed E-state index contributed by atoms with van der Waals surface area (Å²) in [6.45, 7) is 3.58. The molecule has 0 aliphatic rings. The first-order valence-electron chi connectivity index (χ1n) is 9.90. The fourth-order valence-corrected chi connectivity index (χ4v) is 2.88. The number of carbonyl (C=O) groups excluding carboxylic acids is 3. The van der Waals surface area contributed by atoms with Gasteiger partial charge in [0.2, 0.25) is 5.91 Å². The van der Waals surface area contributed by atoms with Crippen LogP contribution < -0.4 is 10.6 Å². The molecule has 31 heavy (non-hydrogen) atoms. The Hall–Kier alpha value is -3.42. The monoisotopic (exact) mass is 430 g/mol. The van der Waals surface area contributed by atoms with Crippen LogP contribution in [0.25, 0.3) is 0 Å². The fraction of sp³-hybridized carbons (Fsp3) is 0.348. The minimum atomic E-state index is -0.994. The molecule has 2 aromatic rings. The second-order valence-electron chi connectivity index (χ2n) is 7.34. The maximum Gasteiger partial charge on any atom is 0.408 e. The second-order valence-corrected chi connectivity index (χ2v) is 7.34. The average Bonchev–Trinajstić information content (AvgIpc) is 2.76. The van der Waals surface area contributed by atoms with Crippen LogP contribution >= 0.6 is 0 Å². The van der Waals surface area contributed by atoms with Gasteiger partial charge in [-0.1, -0.05) is 56.3 Å². The smallest absolute Gasteiger partial charge is 0.408 e. The molecule has 7 nitrogen and oxygen atoms in total. The number of hydrogen-bond acceptors (Lipinski definition) is 5. The molecule has 0 radical (unpaired) electrons. The number of amides is 2. The van der Waals surface area contributed by atoms with Gasteiger partial charge in [-0.25, -0.2) is 14.0 Å². The Bertz CT molecular complexity index is 871. The maximum atomic E-state index is 13.1. The summed E-state index contributed by atoms with van der Waals surface area (Å²) in [6.07, 6.45) is -0.632. The van der Waals surface area contributed by atoms with E-state index in [1.54, 1.807) is 13.8 Å². The van der Waals surface area contributed by atoms with E-state index in [1.807, 2.05) is 30.3 Å². The molecule has 0 spiro atoms. The van der Waals surface area contributed by atoms with Crippen LogP contribution in [0.15, 0.2) is 54.6 Å². The standard InChI is InChI=1S/C23H27FN2O5/c1-15(2)20(26-23(29)31-14-17-7-5-4-6-8-17)21(27)25-19(22(28)30-3)13-16-9-11-18(24)12-10-16/h4-12,15,19-20H,13-14H2,1-3H3,(H,25,27)(H,26,29)/t19-,20-/m0/s1. The molecular formula is C23H27FN2O5. The van der Waals surface area contributed by atoms with Crippen molar-refractivity contribution in [2.45, 2.75) is 39.0 Å². The molecule has 0 fully saturated rings. The molecule has 0 aliphatic carbocycles. The highest BCUT2D eigenvalue weighted by atomic mass is 19.1. The topological polar surface area (TPSA) is 93.7 Å². The lowest BCUT2D eigenvalue weighted by atomic mass is 10.0. The van der Waals surface area contributed by atoms with Gasteiger partial charge in [-0.05, 0) is 29.2 Å². The Labute approximate surface area is 180 Å². The summed E-state index contributed by atoms with van der Waals surface area (Å²) in [6, 6.07) is 12.8. The van der Waals surface area contributed by atoms with E-state index < -0.39 is 35.9 Å². The van der Waals surface area contributed by atoms with Crippen LogP contribution in [-0.4, -0.2) is 37.2 Å². The molecule has 0 aromatic heterocycles. The van der Waals surface area contributed by atoms with E-state index in [1.165, 1.54) is 31.4 Å². The highest BCUT2D eigenvalue weighted by Gasteiger charge is 2.29. The Balaban J connectivity index is 2.00. The number of methoxy groups -OCH3 is 1. The quantitative estimate of drug-likeness (QED) is 0.597. The van der Waals surface area contributed by atoms with Gasteiger partial charge in [0.25, 0.3) is 0 Å². The van der Waals surface area contributed by atoms with E-state index >= 15 is 0 Å². The molecule has 2 amide bonds. The van der Waals surface area contributed by atoms with Crippen LogP contribution in [0.4, 0.5) is 9.18 Å². The average molecular weight is 430 g/mol. The predicted molar refractivity (Wildman–Crippen MR) is 112 cm³/mol. The molecular weight excluding hydrogens is 403 g/mol. The van der Waals surface area contributed by atoms with E-state index in [0.29, 0.717) is 5.56 Å². The minimum absolute atomic E-state index is 0.0639. The molecule has 0 saturated carbocycles. The molecule has 0 bridgehead atoms. The molecule has 0 unspecified atom stereocenters. The predicted octanol–water partition coefficient (Wildman–Crippen LogP) is 2.98. The Morgan fingerprint density at radius 2 is 1.58 bits per heavy atom. The van der Waals surface area contributed by atoms with E-state index in [-0.39, 0.29) is 18.9 Å². The fourth-order valence-electron chi connectivity index (χ4n) is 2.88. The number of benzene rings is 2. The van der Waals surface area contributed by atoms with Crippen LogP contribution in [0.2, 0.25) is 0 Å². The minimum Gasteiger partial charge on any atom is -0.467 e. The molecule has 2 atom stereocenters. The van der Waals surface area contributed by atoms with E-state index in [0.717, 1.165) is 5.56 Å². The van der Waals surface area contributed by atoms with Gasteiger partial charge in [0.1, 0.15) is 24.5 Å². The van der Waals surface area contributed by atoms with Crippen molar-refractivity contribution < 1.29 is 28.2 Å². The van der Waals surface area contributed by atoms with Gasteiger partial charge in [0.15, 0.2) is 0 Å². The second kappa shape index (κ2) is 11.7. The lowest BCUT2D eigenvalue weighted by Crippen LogP contribution is -2.54. The third-order valence-electron chi connectivity index (χ3n) is 4.59. The van der Waals surface area contributed by atoms with E-state index in [2.05, 4.69) is 10.6 Å². The number of alkyl carbamates (subject to hydrolysis) is 1. The van der Waals surface area contributed by atoms with Crippen molar-refractivity contribution in [1.29, 1.82) is 0 Å². The van der Waals surface area contributed by atoms with Crippen LogP contribution in [0.1, 0.15) is 25.0 Å². The lowest BCUT2D eigenvalue weighted by molar-refractivity contribution is -0.145. The number of rotatable bonds is 9. The summed E-state index contributed by atoms with van der Waals surface area (Å²) < 4.78 is 23.1. The maximum absolute atomic E-state index is 13.1. The zero-order valence-corrected chi connectivity index (χ0v) is 17.8. The van der Waals surface area contributed by atoms with Gasteiger partial charge in [-0.15, -0.1) is 0 Å². The van der Waals surface area contributed by atoms with Crippen molar-refractivity contribution in [2.24, 2.45) is 5.92 Å². The first-order chi connectivity index (χ1) is 14.8. The molecule has 0 aliphatic heterocycles. The van der Waals surface area contributed by atoms with Crippen molar-refractivity contribution in [3.63, 3.8) is 0 Å². The van der Waals surface area contributed by atoms with Gasteiger partial charge < -0.3 is 20.1 Å². The summed E-state index contributed by atoms with van der Waals surface area (Å²) in [5, 5.41) is 5.16. The van der Waals surface area contributed by atoms with Crippen molar-refractivity contribution in [2.75, 3.05) is 7.11 Å². The summed E-state index contributed by atoms with van der Waals surface area (Å²) >= 11 is 0. The first kappa shape index (κ1) is 23.9. The SMILES string of the molecule is COC(=O)[C@H](Cc1ccc(F)cc1)NC(=O)[C@@H](NC(=O)OCc1ccccc1)C(C)C. The summed E-state index contributed by atoms with van der Waals surface area (Å²) in [4.78, 5) is 37.2. The Kier molecular flexibility index (Phi) is 8.99. The Morgan fingerprint density at radius 1 is 0.935 bits per heavy atom. The third-order valence-corrected chi connectivity index (χ3v) is 4.59. The van der Waals surface area contributed by atoms with Crippen molar-refractivity contribution in [3.8, 4) is 0 Å². The molecule has 2 N–H and O–H groups in total. The molecule has 2 aromatic carbocycles. The summed E-state index contributed by atoms with van der Waals surface area (Å²) in [5.74, 6) is -1.87. The molecule has 166 valence electrons. The summed E-state index contributed by atoms with van der Waals surface area (Å²) in [7, 11) is 1.21. The zero-order valence-electron chi connectivity index (χ0n) is 17.8. The van der Waals surface area contributed by atoms with Gasteiger partial charge in [-0.3, -0.25) is 4.79 Å². The number of carbonyl (C=O) groups is 3. The normalized spacial score (nSPS) is 12.5. The number of halogens is 1. The first-order valence-corrected chi connectivity index (χ1v) is 9.90. The highest BCUT2D eigenvalue weighted by Crippen LogP contribution is 2.09. The molecule has 0 saturated heterocycles. The number of nitrogens with one attached hydrogen (secondary N) is 2. The Morgan fingerprint density at radius 3 is 2.16 bits per heavy atom. The van der Waals surface area contributed by atoms with Crippen molar-refractivity contribution in [3.05, 3.63) is 71.5 Å². The largest absolute Gasteiger partial charge is 0.467 e. The zero-order chi connectivity index (χ0) is 22.8. The van der Waals surface area contributed by atoms with Gasteiger partial charge in [0.05, 0.1) is 7.11 Å². The number of esters is 1. The van der Waals surface area contributed by atoms with Crippen LogP contribution in [-0.2, 0) is 32.1 Å². The third kappa shape index (κ3) is 7.73. The molecule has 8 heteroatoms. The van der Waals surface area contributed by atoms with Gasteiger partial charge in [-0.2, -0.15) is 0 Å². The molecule has 2 rings (SSSR count). The van der Waals surface area contributed by atoms with Gasteiger partial charge in [0, 0.05) is 6.42 Å². The number of ether oxygens (including phenoxy) is 2. The highest BCUT2D eigenvalue weighted by molar-refractivity contribution is 5.90.